The van der Waals surface area contributed by atoms with Crippen LogP contribution in [0.25, 0.3) is 0 Å². The smallest absolute Gasteiger partial charge is 0.402 e. The quantitative estimate of drug-likeness (QED) is 0.256. The minimum absolute atomic E-state index is 0.164. The molecule has 0 radical (unpaired) electrons. The van der Waals surface area contributed by atoms with E-state index in [2.05, 4.69) is 11.2 Å². The summed E-state index contributed by atoms with van der Waals surface area (Å²) in [4.78, 5) is 0. The molecular formula is C9H21BO5. The van der Waals surface area contributed by atoms with Crippen molar-refractivity contribution in [1.82, 2.24) is 0 Å². The fourth-order valence-electron chi connectivity index (χ4n) is 0.731. The van der Waals surface area contributed by atoms with Crippen LogP contribution in [-0.4, -0.2) is 47.4 Å². The van der Waals surface area contributed by atoms with Gasteiger partial charge in [-0.05, 0) is 12.8 Å². The summed E-state index contributed by atoms with van der Waals surface area (Å²) < 4.78 is 4.18. The van der Waals surface area contributed by atoms with Crippen molar-refractivity contribution < 1.29 is 24.9 Å². The Kier molecular flexibility index (Phi) is 18.2. The van der Waals surface area contributed by atoms with Crippen molar-refractivity contribution in [2.45, 2.75) is 25.7 Å². The van der Waals surface area contributed by atoms with Gasteiger partial charge in [0.15, 0.2) is 0 Å². The second-order valence-electron chi connectivity index (χ2n) is 2.81. The highest BCUT2D eigenvalue weighted by Gasteiger charge is 2.04. The zero-order chi connectivity index (χ0) is 11.9. The summed E-state index contributed by atoms with van der Waals surface area (Å²) >= 11 is 0. The van der Waals surface area contributed by atoms with E-state index in [1.165, 1.54) is 6.08 Å². The lowest BCUT2D eigenvalue weighted by Crippen LogP contribution is -2.16. The molecule has 0 aliphatic carbocycles. The molecule has 6 heteroatoms. The molecule has 0 spiro atoms. The summed E-state index contributed by atoms with van der Waals surface area (Å²) in [6.07, 6.45) is 5.26. The molecule has 90 valence electrons. The molecule has 0 atom stereocenters. The second-order valence-corrected chi connectivity index (χ2v) is 2.81. The Morgan fingerprint density at radius 2 is 1.47 bits per heavy atom. The molecule has 0 aromatic carbocycles. The molecule has 0 rings (SSSR count). The van der Waals surface area contributed by atoms with Crippen LogP contribution in [0.15, 0.2) is 12.7 Å². The van der Waals surface area contributed by atoms with Crippen LogP contribution in [0.3, 0.4) is 0 Å². The van der Waals surface area contributed by atoms with Gasteiger partial charge in [-0.1, -0.05) is 18.9 Å². The van der Waals surface area contributed by atoms with E-state index in [4.69, 9.17) is 20.3 Å². The molecule has 0 saturated carbocycles. The normalized spacial score (nSPS) is 9.07. The molecule has 0 amide bonds. The third-order valence-corrected chi connectivity index (χ3v) is 1.43. The van der Waals surface area contributed by atoms with Crippen LogP contribution in [0.5, 0.6) is 0 Å². The van der Waals surface area contributed by atoms with Crippen LogP contribution in [0, 0.1) is 0 Å². The summed E-state index contributed by atoms with van der Waals surface area (Å²) in [5.41, 5.74) is 0. The lowest BCUT2D eigenvalue weighted by Gasteiger charge is -1.93. The lowest BCUT2D eigenvalue weighted by molar-refractivity contribution is 0.206. The van der Waals surface area contributed by atoms with Crippen LogP contribution in [0.2, 0.25) is 0 Å². The highest BCUT2D eigenvalue weighted by molar-refractivity contribution is 6.32. The first-order valence-corrected chi connectivity index (χ1v) is 4.99. The highest BCUT2D eigenvalue weighted by Crippen LogP contribution is 1.96. The van der Waals surface area contributed by atoms with Gasteiger partial charge >= 0.3 is 7.32 Å². The summed E-state index contributed by atoms with van der Waals surface area (Å²) in [7, 11) is -1.67. The van der Waals surface area contributed by atoms with Gasteiger partial charge < -0.3 is 24.9 Å². The van der Waals surface area contributed by atoms with Crippen LogP contribution >= 0.6 is 0 Å². The first-order chi connectivity index (χ1) is 7.18. The maximum absolute atomic E-state index is 8.30. The average Bonchev–Trinajstić information content (AvgIpc) is 2.22. The van der Waals surface area contributed by atoms with Crippen molar-refractivity contribution in [1.29, 1.82) is 0 Å². The zero-order valence-corrected chi connectivity index (χ0v) is 9.01. The Labute approximate surface area is 91.2 Å². The van der Waals surface area contributed by atoms with Gasteiger partial charge in [-0.15, -0.1) is 6.58 Å². The third kappa shape index (κ3) is 24.7. The van der Waals surface area contributed by atoms with E-state index in [0.29, 0.717) is 0 Å². The monoisotopic (exact) mass is 220 g/mol. The molecule has 0 heterocycles. The van der Waals surface area contributed by atoms with E-state index in [-0.39, 0.29) is 19.8 Å². The maximum atomic E-state index is 8.30. The van der Waals surface area contributed by atoms with Gasteiger partial charge in [-0.3, -0.25) is 0 Å². The number of unbranched alkanes of at least 4 members (excludes halogenated alkanes) is 3. The molecule has 0 fully saturated rings. The molecule has 15 heavy (non-hydrogen) atoms. The average molecular weight is 220 g/mol. The molecule has 0 saturated heterocycles. The SMILES string of the molecule is C=CCOB(O)O.OCCCCCCO. The second kappa shape index (κ2) is 16.1. The van der Waals surface area contributed by atoms with Crippen molar-refractivity contribution in [3.05, 3.63) is 12.7 Å². The Morgan fingerprint density at radius 3 is 1.67 bits per heavy atom. The van der Waals surface area contributed by atoms with E-state index < -0.39 is 7.32 Å². The van der Waals surface area contributed by atoms with Crippen molar-refractivity contribution in [3.63, 3.8) is 0 Å². The standard InChI is InChI=1S/C6H14O2.C3H7BO3/c7-5-3-1-2-4-6-8;1-2-3-7-4(5)6/h7-8H,1-6H2;2,5-6H,1,3H2. The number of aliphatic hydroxyl groups is 2. The fraction of sp³-hybridized carbons (Fsp3) is 0.778. The Bertz CT molecular complexity index is 115. The third-order valence-electron chi connectivity index (χ3n) is 1.43. The molecular weight excluding hydrogens is 199 g/mol. The predicted molar refractivity (Wildman–Crippen MR) is 59.0 cm³/mol. The van der Waals surface area contributed by atoms with Crippen LogP contribution in [-0.2, 0) is 4.65 Å². The van der Waals surface area contributed by atoms with Gasteiger partial charge in [0.05, 0.1) is 6.61 Å². The van der Waals surface area contributed by atoms with Gasteiger partial charge in [-0.2, -0.15) is 0 Å². The van der Waals surface area contributed by atoms with E-state index in [1.807, 2.05) is 0 Å². The first kappa shape index (κ1) is 17.0. The minimum atomic E-state index is -1.67. The lowest BCUT2D eigenvalue weighted by atomic mass is 10.2. The molecule has 0 aromatic rings. The highest BCUT2D eigenvalue weighted by atomic mass is 16.6. The number of hydrogen-bond acceptors (Lipinski definition) is 5. The van der Waals surface area contributed by atoms with E-state index in [9.17, 15) is 0 Å². The first-order valence-electron chi connectivity index (χ1n) is 4.99. The minimum Gasteiger partial charge on any atom is -0.402 e. The largest absolute Gasteiger partial charge is 0.634 e. The number of hydrogen-bond donors (Lipinski definition) is 4. The number of aliphatic hydroxyl groups excluding tert-OH is 2. The van der Waals surface area contributed by atoms with Crippen molar-refractivity contribution >= 4 is 7.32 Å². The summed E-state index contributed by atoms with van der Waals surface area (Å²) in [5.74, 6) is 0. The van der Waals surface area contributed by atoms with E-state index in [0.717, 1.165) is 25.7 Å². The predicted octanol–water partition coefficient (Wildman–Crippen LogP) is -0.310. The van der Waals surface area contributed by atoms with E-state index >= 15 is 0 Å². The maximum Gasteiger partial charge on any atom is 0.634 e. The van der Waals surface area contributed by atoms with E-state index in [1.54, 1.807) is 0 Å². The summed E-state index contributed by atoms with van der Waals surface area (Å²) in [6, 6.07) is 0. The van der Waals surface area contributed by atoms with Crippen molar-refractivity contribution in [2.75, 3.05) is 19.8 Å². The van der Waals surface area contributed by atoms with Crippen LogP contribution in [0.4, 0.5) is 0 Å². The fourth-order valence-corrected chi connectivity index (χ4v) is 0.731. The van der Waals surface area contributed by atoms with Crippen molar-refractivity contribution in [3.8, 4) is 0 Å². The van der Waals surface area contributed by atoms with Gasteiger partial charge in [0.1, 0.15) is 0 Å². The molecule has 0 bridgehead atoms. The molecule has 5 nitrogen and oxygen atoms in total. The van der Waals surface area contributed by atoms with Crippen molar-refractivity contribution in [2.24, 2.45) is 0 Å². The van der Waals surface area contributed by atoms with Crippen LogP contribution in [0.1, 0.15) is 25.7 Å². The molecule has 0 aliphatic rings. The van der Waals surface area contributed by atoms with Gasteiger partial charge in [-0.25, -0.2) is 0 Å². The molecule has 4 N–H and O–H groups in total. The molecule has 0 unspecified atom stereocenters. The zero-order valence-electron chi connectivity index (χ0n) is 9.01. The Balaban J connectivity index is 0. The Morgan fingerprint density at radius 1 is 1.00 bits per heavy atom. The summed E-state index contributed by atoms with van der Waals surface area (Å²) in [6.45, 7) is 4.02. The number of rotatable bonds is 8. The topological polar surface area (TPSA) is 90.2 Å². The van der Waals surface area contributed by atoms with Gasteiger partial charge in [0.25, 0.3) is 0 Å². The van der Waals surface area contributed by atoms with Crippen LogP contribution < -0.4 is 0 Å². The van der Waals surface area contributed by atoms with Gasteiger partial charge in [0.2, 0.25) is 0 Å². The Hall–Kier alpha value is -0.395. The van der Waals surface area contributed by atoms with Gasteiger partial charge in [0, 0.05) is 13.2 Å². The summed E-state index contributed by atoms with van der Waals surface area (Å²) in [5, 5.41) is 32.5. The molecule has 0 aromatic heterocycles. The molecule has 0 aliphatic heterocycles.